The van der Waals surface area contributed by atoms with Crippen LogP contribution in [0.15, 0.2) is 42.5 Å². The maximum Gasteiger partial charge on any atom is 0.307 e. The quantitative estimate of drug-likeness (QED) is 0.455. The summed E-state index contributed by atoms with van der Waals surface area (Å²) < 4.78 is 10.7. The van der Waals surface area contributed by atoms with E-state index in [1.54, 1.807) is 24.3 Å². The second-order valence-corrected chi connectivity index (χ2v) is 7.18. The molecule has 160 valence electrons. The van der Waals surface area contributed by atoms with Crippen LogP contribution in [0.1, 0.15) is 54.6 Å². The number of rotatable bonds is 10. The Balaban J connectivity index is 1.81. The predicted molar refractivity (Wildman–Crippen MR) is 116 cm³/mol. The van der Waals surface area contributed by atoms with Crippen LogP contribution in [0.3, 0.4) is 0 Å². The molecular weight excluding hydrogens is 382 g/mol. The van der Waals surface area contributed by atoms with Gasteiger partial charge < -0.3 is 14.8 Å². The Labute approximate surface area is 177 Å². The second-order valence-electron chi connectivity index (χ2n) is 7.18. The monoisotopic (exact) mass is 411 g/mol. The van der Waals surface area contributed by atoms with Crippen LogP contribution in [-0.4, -0.2) is 30.4 Å². The van der Waals surface area contributed by atoms with E-state index in [-0.39, 0.29) is 18.6 Å². The van der Waals surface area contributed by atoms with Crippen LogP contribution >= 0.6 is 0 Å². The van der Waals surface area contributed by atoms with Gasteiger partial charge in [0, 0.05) is 17.7 Å². The Hall–Kier alpha value is -3.15. The van der Waals surface area contributed by atoms with E-state index in [4.69, 9.17) is 9.47 Å². The van der Waals surface area contributed by atoms with E-state index in [0.717, 1.165) is 17.5 Å². The van der Waals surface area contributed by atoms with E-state index in [2.05, 4.69) is 5.32 Å². The van der Waals surface area contributed by atoms with Crippen molar-refractivity contribution in [3.8, 4) is 5.75 Å². The fourth-order valence-electron chi connectivity index (χ4n) is 2.86. The number of anilines is 1. The number of ketones is 1. The first-order chi connectivity index (χ1) is 14.3. The van der Waals surface area contributed by atoms with Crippen molar-refractivity contribution in [2.45, 2.75) is 53.1 Å². The van der Waals surface area contributed by atoms with Gasteiger partial charge in [-0.25, -0.2) is 0 Å². The van der Waals surface area contributed by atoms with E-state index in [0.29, 0.717) is 23.6 Å². The Morgan fingerprint density at radius 2 is 1.60 bits per heavy atom. The number of carbonyl (C=O) groups is 3. The summed E-state index contributed by atoms with van der Waals surface area (Å²) >= 11 is 0. The van der Waals surface area contributed by atoms with E-state index in [1.807, 2.05) is 39.0 Å². The van der Waals surface area contributed by atoms with Crippen molar-refractivity contribution in [1.29, 1.82) is 0 Å². The molecule has 0 saturated carbocycles. The van der Waals surface area contributed by atoms with E-state index < -0.39 is 18.0 Å². The van der Waals surface area contributed by atoms with Crippen LogP contribution < -0.4 is 10.1 Å². The van der Waals surface area contributed by atoms with Gasteiger partial charge in [-0.2, -0.15) is 0 Å². The standard InChI is InChI=1S/C24H29NO5/c1-5-15-29-20-11-9-19(10-12-20)21(26)13-14-22(27)30-18(4)24(28)25-23-16(2)7-6-8-17(23)3/h6-12,18H,5,13-15H2,1-4H3,(H,25,28)/t18-/m0/s1. The summed E-state index contributed by atoms with van der Waals surface area (Å²) in [4.78, 5) is 36.7. The smallest absolute Gasteiger partial charge is 0.307 e. The summed E-state index contributed by atoms with van der Waals surface area (Å²) in [7, 11) is 0. The van der Waals surface area contributed by atoms with Crippen molar-refractivity contribution < 1.29 is 23.9 Å². The van der Waals surface area contributed by atoms with Gasteiger partial charge in [-0.3, -0.25) is 14.4 Å². The molecule has 1 N–H and O–H groups in total. The number of Topliss-reactive ketones (excluding diaryl/α,β-unsaturated/α-hetero) is 1. The lowest BCUT2D eigenvalue weighted by molar-refractivity contribution is -0.153. The van der Waals surface area contributed by atoms with Gasteiger partial charge in [-0.15, -0.1) is 0 Å². The Morgan fingerprint density at radius 1 is 0.967 bits per heavy atom. The van der Waals surface area contributed by atoms with Crippen LogP contribution in [0.25, 0.3) is 0 Å². The van der Waals surface area contributed by atoms with Gasteiger partial charge in [0.05, 0.1) is 13.0 Å². The molecule has 0 radical (unpaired) electrons. The topological polar surface area (TPSA) is 81.7 Å². The number of esters is 1. The molecule has 0 heterocycles. The molecule has 0 bridgehead atoms. The van der Waals surface area contributed by atoms with Gasteiger partial charge in [-0.1, -0.05) is 25.1 Å². The summed E-state index contributed by atoms with van der Waals surface area (Å²) in [6.07, 6.45) is -0.127. The largest absolute Gasteiger partial charge is 0.494 e. The molecule has 0 aliphatic rings. The van der Waals surface area contributed by atoms with Crippen molar-refractivity contribution in [3.63, 3.8) is 0 Å². The maximum absolute atomic E-state index is 12.4. The van der Waals surface area contributed by atoms with Crippen LogP contribution in [0.4, 0.5) is 5.69 Å². The molecule has 0 spiro atoms. The fraction of sp³-hybridized carbons (Fsp3) is 0.375. The first-order valence-corrected chi connectivity index (χ1v) is 10.1. The summed E-state index contributed by atoms with van der Waals surface area (Å²) in [6, 6.07) is 12.5. The summed E-state index contributed by atoms with van der Waals surface area (Å²) in [6.45, 7) is 7.94. The molecule has 1 atom stereocenters. The van der Waals surface area contributed by atoms with Crippen LogP contribution in [-0.2, 0) is 14.3 Å². The number of carbonyl (C=O) groups excluding carboxylic acids is 3. The van der Waals surface area contributed by atoms with E-state index in [9.17, 15) is 14.4 Å². The third kappa shape index (κ3) is 6.72. The third-order valence-electron chi connectivity index (χ3n) is 4.61. The molecular formula is C24H29NO5. The Morgan fingerprint density at radius 3 is 2.20 bits per heavy atom. The number of aryl methyl sites for hydroxylation is 2. The molecule has 6 nitrogen and oxygen atoms in total. The zero-order chi connectivity index (χ0) is 22.1. The van der Waals surface area contributed by atoms with Crippen molar-refractivity contribution in [2.75, 3.05) is 11.9 Å². The minimum absolute atomic E-state index is 0.0131. The van der Waals surface area contributed by atoms with E-state index >= 15 is 0 Å². The van der Waals surface area contributed by atoms with Crippen molar-refractivity contribution >= 4 is 23.3 Å². The zero-order valence-corrected chi connectivity index (χ0v) is 18.0. The van der Waals surface area contributed by atoms with Gasteiger partial charge in [0.2, 0.25) is 0 Å². The Bertz CT molecular complexity index is 869. The molecule has 0 saturated heterocycles. The molecule has 30 heavy (non-hydrogen) atoms. The van der Waals surface area contributed by atoms with Gasteiger partial charge in [-0.05, 0) is 62.6 Å². The van der Waals surface area contributed by atoms with E-state index in [1.165, 1.54) is 6.92 Å². The number of para-hydroxylation sites is 1. The van der Waals surface area contributed by atoms with Crippen molar-refractivity contribution in [2.24, 2.45) is 0 Å². The number of amides is 1. The number of ether oxygens (including phenoxy) is 2. The van der Waals surface area contributed by atoms with Crippen molar-refractivity contribution in [1.82, 2.24) is 0 Å². The predicted octanol–water partition coefficient (Wildman–Crippen LogP) is 4.63. The summed E-state index contributed by atoms with van der Waals surface area (Å²) in [5.74, 6) is -0.455. The molecule has 0 unspecified atom stereocenters. The number of hydrogen-bond donors (Lipinski definition) is 1. The fourth-order valence-corrected chi connectivity index (χ4v) is 2.86. The molecule has 2 aromatic rings. The summed E-state index contributed by atoms with van der Waals surface area (Å²) in [5.41, 5.74) is 3.08. The van der Waals surface area contributed by atoms with Crippen molar-refractivity contribution in [3.05, 3.63) is 59.2 Å². The number of hydrogen-bond acceptors (Lipinski definition) is 5. The van der Waals surface area contributed by atoms with Gasteiger partial charge >= 0.3 is 5.97 Å². The summed E-state index contributed by atoms with van der Waals surface area (Å²) in [5, 5.41) is 2.80. The Kier molecular flexibility index (Phi) is 8.59. The molecule has 0 fully saturated rings. The van der Waals surface area contributed by atoms with Gasteiger partial charge in [0.1, 0.15) is 5.75 Å². The molecule has 6 heteroatoms. The van der Waals surface area contributed by atoms with Crippen LogP contribution in [0, 0.1) is 13.8 Å². The minimum Gasteiger partial charge on any atom is -0.494 e. The third-order valence-corrected chi connectivity index (χ3v) is 4.61. The molecule has 0 aliphatic heterocycles. The second kappa shape index (κ2) is 11.1. The highest BCUT2D eigenvalue weighted by Gasteiger charge is 2.20. The van der Waals surface area contributed by atoms with Gasteiger partial charge in [0.25, 0.3) is 5.91 Å². The highest BCUT2D eigenvalue weighted by Crippen LogP contribution is 2.20. The average molecular weight is 411 g/mol. The zero-order valence-electron chi connectivity index (χ0n) is 18.0. The number of nitrogens with one attached hydrogen (secondary N) is 1. The van der Waals surface area contributed by atoms with Crippen LogP contribution in [0.2, 0.25) is 0 Å². The molecule has 2 rings (SSSR count). The molecule has 2 aromatic carbocycles. The van der Waals surface area contributed by atoms with Crippen LogP contribution in [0.5, 0.6) is 5.75 Å². The number of benzene rings is 2. The normalized spacial score (nSPS) is 11.5. The first kappa shape index (κ1) is 23.1. The minimum atomic E-state index is -0.957. The molecule has 1 amide bonds. The maximum atomic E-state index is 12.4. The lowest BCUT2D eigenvalue weighted by Crippen LogP contribution is -2.30. The highest BCUT2D eigenvalue weighted by molar-refractivity contribution is 5.98. The van der Waals surface area contributed by atoms with Gasteiger partial charge in [0.15, 0.2) is 11.9 Å². The average Bonchev–Trinajstić information content (AvgIpc) is 2.73. The lowest BCUT2D eigenvalue weighted by Gasteiger charge is -2.16. The first-order valence-electron chi connectivity index (χ1n) is 10.1. The SMILES string of the molecule is CCCOc1ccc(C(=O)CCC(=O)O[C@@H](C)C(=O)Nc2c(C)cccc2C)cc1. The molecule has 0 aliphatic carbocycles. The molecule has 0 aromatic heterocycles. The highest BCUT2D eigenvalue weighted by atomic mass is 16.5. The lowest BCUT2D eigenvalue weighted by atomic mass is 10.1.